The molecule has 24 heavy (non-hydrogen) atoms. The van der Waals surface area contributed by atoms with E-state index in [1.54, 1.807) is 11.6 Å². The molecular formula is C16H18F3N3O2. The van der Waals surface area contributed by atoms with Crippen molar-refractivity contribution >= 4 is 11.6 Å². The van der Waals surface area contributed by atoms with Gasteiger partial charge in [-0.15, -0.1) is 0 Å². The summed E-state index contributed by atoms with van der Waals surface area (Å²) >= 11 is 0. The molecule has 0 fully saturated rings. The van der Waals surface area contributed by atoms with E-state index in [-0.39, 0.29) is 12.5 Å². The molecule has 0 unspecified atom stereocenters. The molecule has 0 atom stereocenters. The molecule has 130 valence electrons. The molecule has 0 aliphatic heterocycles. The summed E-state index contributed by atoms with van der Waals surface area (Å²) in [5, 5.41) is 7.03. The summed E-state index contributed by atoms with van der Waals surface area (Å²) in [7, 11) is 0. The highest BCUT2D eigenvalue weighted by Crippen LogP contribution is 2.30. The Labute approximate surface area is 137 Å². The first-order valence-corrected chi connectivity index (χ1v) is 7.30. The summed E-state index contributed by atoms with van der Waals surface area (Å²) in [6.45, 7) is 5.68. The Balaban J connectivity index is 1.96. The van der Waals surface area contributed by atoms with E-state index in [0.717, 1.165) is 17.8 Å². The number of hydrogen-bond donors (Lipinski definition) is 1. The van der Waals surface area contributed by atoms with Crippen molar-refractivity contribution < 1.29 is 22.7 Å². The SMILES string of the molecule is CC(=O)Nc1c(C)nn(CCOc2ccc(C(F)(F)F)cc2)c1C. The van der Waals surface area contributed by atoms with Crippen LogP contribution >= 0.6 is 0 Å². The average molecular weight is 341 g/mol. The zero-order valence-electron chi connectivity index (χ0n) is 13.6. The van der Waals surface area contributed by atoms with Crippen molar-refractivity contribution in [2.75, 3.05) is 11.9 Å². The number of amides is 1. The number of carbonyl (C=O) groups is 1. The minimum atomic E-state index is -4.36. The monoisotopic (exact) mass is 341 g/mol. The number of alkyl halides is 3. The van der Waals surface area contributed by atoms with E-state index in [0.29, 0.717) is 23.7 Å². The van der Waals surface area contributed by atoms with Gasteiger partial charge >= 0.3 is 6.18 Å². The van der Waals surface area contributed by atoms with Gasteiger partial charge in [-0.05, 0) is 38.1 Å². The van der Waals surface area contributed by atoms with E-state index < -0.39 is 11.7 Å². The molecule has 5 nitrogen and oxygen atoms in total. The molecule has 0 radical (unpaired) electrons. The average Bonchev–Trinajstić information content (AvgIpc) is 2.74. The fourth-order valence-electron chi connectivity index (χ4n) is 2.26. The lowest BCUT2D eigenvalue weighted by atomic mass is 10.2. The molecule has 1 aromatic carbocycles. The van der Waals surface area contributed by atoms with Crippen molar-refractivity contribution in [2.45, 2.75) is 33.5 Å². The highest BCUT2D eigenvalue weighted by atomic mass is 19.4. The molecule has 0 saturated carbocycles. The first kappa shape index (κ1) is 17.8. The molecule has 1 N–H and O–H groups in total. The Bertz CT molecular complexity index is 721. The highest BCUT2D eigenvalue weighted by molar-refractivity contribution is 5.89. The smallest absolute Gasteiger partial charge is 0.416 e. The van der Waals surface area contributed by atoms with Crippen molar-refractivity contribution in [1.29, 1.82) is 0 Å². The maximum Gasteiger partial charge on any atom is 0.416 e. The minimum Gasteiger partial charge on any atom is -0.492 e. The lowest BCUT2D eigenvalue weighted by Gasteiger charge is -2.10. The van der Waals surface area contributed by atoms with Gasteiger partial charge in [-0.3, -0.25) is 9.48 Å². The molecule has 2 aromatic rings. The molecule has 8 heteroatoms. The second-order valence-electron chi connectivity index (χ2n) is 5.32. The third-order valence-corrected chi connectivity index (χ3v) is 3.44. The summed E-state index contributed by atoms with van der Waals surface area (Å²) in [6.07, 6.45) is -4.36. The fraction of sp³-hybridized carbons (Fsp3) is 0.375. The van der Waals surface area contributed by atoms with E-state index >= 15 is 0 Å². The molecule has 0 spiro atoms. The zero-order chi connectivity index (χ0) is 17.9. The van der Waals surface area contributed by atoms with E-state index in [1.165, 1.54) is 19.1 Å². The van der Waals surface area contributed by atoms with Crippen LogP contribution in [0.2, 0.25) is 0 Å². The Morgan fingerprint density at radius 2 is 1.88 bits per heavy atom. The van der Waals surface area contributed by atoms with Crippen molar-refractivity contribution in [3.05, 3.63) is 41.2 Å². The largest absolute Gasteiger partial charge is 0.492 e. The zero-order valence-corrected chi connectivity index (χ0v) is 13.6. The summed E-state index contributed by atoms with van der Waals surface area (Å²) in [5.74, 6) is 0.174. The van der Waals surface area contributed by atoms with Crippen LogP contribution in [0.3, 0.4) is 0 Å². The number of aryl methyl sites for hydroxylation is 1. The van der Waals surface area contributed by atoms with E-state index in [1.807, 2.05) is 6.92 Å². The molecule has 0 saturated heterocycles. The summed E-state index contributed by atoms with van der Waals surface area (Å²) in [4.78, 5) is 11.2. The Morgan fingerprint density at radius 3 is 2.42 bits per heavy atom. The minimum absolute atomic E-state index is 0.179. The van der Waals surface area contributed by atoms with Gasteiger partial charge in [-0.2, -0.15) is 18.3 Å². The molecule has 0 aliphatic carbocycles. The van der Waals surface area contributed by atoms with Crippen molar-refractivity contribution in [2.24, 2.45) is 0 Å². The van der Waals surface area contributed by atoms with Crippen molar-refractivity contribution in [3.63, 3.8) is 0 Å². The molecular weight excluding hydrogens is 323 g/mol. The van der Waals surface area contributed by atoms with Gasteiger partial charge < -0.3 is 10.1 Å². The third kappa shape index (κ3) is 4.27. The number of halogens is 3. The van der Waals surface area contributed by atoms with Gasteiger partial charge in [-0.1, -0.05) is 0 Å². The maximum atomic E-state index is 12.5. The van der Waals surface area contributed by atoms with E-state index in [9.17, 15) is 18.0 Å². The third-order valence-electron chi connectivity index (χ3n) is 3.44. The van der Waals surface area contributed by atoms with Crippen molar-refractivity contribution in [3.8, 4) is 5.75 Å². The van der Waals surface area contributed by atoms with Crippen LogP contribution in [0, 0.1) is 13.8 Å². The number of rotatable bonds is 5. The number of aromatic nitrogens is 2. The number of nitrogens with one attached hydrogen (secondary N) is 1. The Hall–Kier alpha value is -2.51. The Kier molecular flexibility index (Phi) is 5.16. The van der Waals surface area contributed by atoms with Crippen molar-refractivity contribution in [1.82, 2.24) is 9.78 Å². The number of carbonyl (C=O) groups excluding carboxylic acids is 1. The molecule has 0 bridgehead atoms. The van der Waals surface area contributed by atoms with E-state index in [4.69, 9.17) is 4.74 Å². The van der Waals surface area contributed by atoms with E-state index in [2.05, 4.69) is 10.4 Å². The molecule has 1 heterocycles. The molecule has 2 rings (SSSR count). The second kappa shape index (κ2) is 6.94. The molecule has 1 amide bonds. The Morgan fingerprint density at radius 1 is 1.25 bits per heavy atom. The summed E-state index contributed by atoms with van der Waals surface area (Å²) < 4.78 is 44.6. The van der Waals surface area contributed by atoms with Gasteiger partial charge in [0.2, 0.25) is 5.91 Å². The number of anilines is 1. The van der Waals surface area contributed by atoms with Gasteiger partial charge in [0, 0.05) is 6.92 Å². The van der Waals surface area contributed by atoms with Gasteiger partial charge in [0.25, 0.3) is 0 Å². The number of nitrogens with zero attached hydrogens (tertiary/aromatic N) is 2. The first-order chi connectivity index (χ1) is 11.2. The van der Waals surface area contributed by atoms with Crippen LogP contribution in [-0.2, 0) is 17.5 Å². The molecule has 1 aromatic heterocycles. The lowest BCUT2D eigenvalue weighted by molar-refractivity contribution is -0.137. The van der Waals surface area contributed by atoms with Crippen LogP contribution in [-0.4, -0.2) is 22.3 Å². The van der Waals surface area contributed by atoms with Gasteiger partial charge in [-0.25, -0.2) is 0 Å². The lowest BCUT2D eigenvalue weighted by Crippen LogP contribution is -2.12. The fourth-order valence-corrected chi connectivity index (χ4v) is 2.26. The van der Waals surface area contributed by atoms with Gasteiger partial charge in [0.15, 0.2) is 0 Å². The predicted octanol–water partition coefficient (Wildman–Crippen LogP) is 3.56. The molecule has 0 aliphatic rings. The van der Waals surface area contributed by atoms with Crippen LogP contribution in [0.15, 0.2) is 24.3 Å². The number of hydrogen-bond acceptors (Lipinski definition) is 3. The number of benzene rings is 1. The number of ether oxygens (including phenoxy) is 1. The second-order valence-corrected chi connectivity index (χ2v) is 5.32. The van der Waals surface area contributed by atoms with Crippen LogP contribution in [0.1, 0.15) is 23.9 Å². The summed E-state index contributed by atoms with van der Waals surface area (Å²) in [5.41, 5.74) is 1.43. The standard InChI is InChI=1S/C16H18F3N3O2/c1-10-15(20-12(3)23)11(2)22(21-10)8-9-24-14-6-4-13(5-7-14)16(17,18)19/h4-7H,8-9H2,1-3H3,(H,20,23). The van der Waals surface area contributed by atoms with Gasteiger partial charge in [0.05, 0.1) is 29.2 Å². The highest BCUT2D eigenvalue weighted by Gasteiger charge is 2.30. The first-order valence-electron chi connectivity index (χ1n) is 7.30. The summed E-state index contributed by atoms with van der Waals surface area (Å²) in [6, 6.07) is 4.53. The van der Waals surface area contributed by atoms with Crippen LogP contribution in [0.5, 0.6) is 5.75 Å². The van der Waals surface area contributed by atoms with Crippen LogP contribution < -0.4 is 10.1 Å². The van der Waals surface area contributed by atoms with Crippen LogP contribution in [0.25, 0.3) is 0 Å². The van der Waals surface area contributed by atoms with Gasteiger partial charge in [0.1, 0.15) is 12.4 Å². The predicted molar refractivity (Wildman–Crippen MR) is 82.9 cm³/mol. The quantitative estimate of drug-likeness (QED) is 0.905. The topological polar surface area (TPSA) is 56.2 Å². The maximum absolute atomic E-state index is 12.5. The normalized spacial score (nSPS) is 11.4. The van der Waals surface area contributed by atoms with Crippen LogP contribution in [0.4, 0.5) is 18.9 Å².